The molecule has 0 saturated carbocycles. The molecular formula is C11H17NO3. The van der Waals surface area contributed by atoms with E-state index in [1.54, 1.807) is 12.1 Å². The molecule has 0 fully saturated rings. The van der Waals surface area contributed by atoms with Gasteiger partial charge < -0.3 is 21.1 Å². The van der Waals surface area contributed by atoms with Gasteiger partial charge in [-0.15, -0.1) is 0 Å². The van der Waals surface area contributed by atoms with Gasteiger partial charge in [0.2, 0.25) is 0 Å². The number of hydrogen-bond donors (Lipinski definition) is 4. The summed E-state index contributed by atoms with van der Waals surface area (Å²) in [7, 11) is 0. The molecule has 0 aliphatic carbocycles. The van der Waals surface area contributed by atoms with E-state index < -0.39 is 12.2 Å². The predicted octanol–water partition coefficient (Wildman–Crippen LogP) is -0.426. The summed E-state index contributed by atoms with van der Waals surface area (Å²) in [5.74, 6) is 0. The third-order valence-corrected chi connectivity index (χ3v) is 2.33. The first-order valence-electron chi connectivity index (χ1n) is 4.95. The molecule has 4 nitrogen and oxygen atoms in total. The van der Waals surface area contributed by atoms with E-state index in [4.69, 9.17) is 10.8 Å². The third-order valence-electron chi connectivity index (χ3n) is 2.33. The van der Waals surface area contributed by atoms with Crippen LogP contribution in [0, 0.1) is 0 Å². The molecule has 1 aromatic carbocycles. The molecule has 0 amide bonds. The third kappa shape index (κ3) is 3.28. The van der Waals surface area contributed by atoms with Crippen LogP contribution in [0.1, 0.15) is 17.2 Å². The maximum absolute atomic E-state index is 9.63. The summed E-state index contributed by atoms with van der Waals surface area (Å²) in [5.41, 5.74) is 6.87. The molecule has 0 bridgehead atoms. The van der Waals surface area contributed by atoms with Crippen molar-refractivity contribution < 1.29 is 15.3 Å². The summed E-state index contributed by atoms with van der Waals surface area (Å²) in [6, 6.07) is 7.10. The highest BCUT2D eigenvalue weighted by atomic mass is 16.3. The Morgan fingerprint density at radius 3 is 2.20 bits per heavy atom. The van der Waals surface area contributed by atoms with Crippen LogP contribution in [0.4, 0.5) is 0 Å². The minimum absolute atomic E-state index is 0.0273. The van der Waals surface area contributed by atoms with Crippen molar-refractivity contribution in [2.24, 2.45) is 5.73 Å². The zero-order valence-corrected chi connectivity index (χ0v) is 8.50. The highest BCUT2D eigenvalue weighted by Gasteiger charge is 2.16. The van der Waals surface area contributed by atoms with Gasteiger partial charge in [-0.2, -0.15) is 0 Å². The topological polar surface area (TPSA) is 86.7 Å². The molecule has 0 spiro atoms. The molecule has 0 aliphatic rings. The average molecular weight is 211 g/mol. The molecule has 84 valence electrons. The normalized spacial score (nSPS) is 14.9. The maximum atomic E-state index is 9.63. The van der Waals surface area contributed by atoms with Gasteiger partial charge in [0.05, 0.1) is 6.10 Å². The Morgan fingerprint density at radius 1 is 1.13 bits per heavy atom. The minimum Gasteiger partial charge on any atom is -0.396 e. The molecule has 0 heterocycles. The first-order chi connectivity index (χ1) is 7.19. The fraction of sp³-hybridized carbons (Fsp3) is 0.455. The quantitative estimate of drug-likeness (QED) is 0.532. The van der Waals surface area contributed by atoms with Gasteiger partial charge in [-0.25, -0.2) is 0 Å². The summed E-state index contributed by atoms with van der Waals surface area (Å²) in [6.07, 6.45) is -1.29. The van der Waals surface area contributed by atoms with Gasteiger partial charge in [-0.3, -0.25) is 0 Å². The van der Waals surface area contributed by atoms with Crippen LogP contribution in [0.15, 0.2) is 24.3 Å². The lowest BCUT2D eigenvalue weighted by Crippen LogP contribution is -2.27. The Morgan fingerprint density at radius 2 is 1.73 bits per heavy atom. The smallest absolute Gasteiger partial charge is 0.106 e. The summed E-state index contributed by atoms with van der Waals surface area (Å²) < 4.78 is 0. The molecule has 4 heteroatoms. The number of aliphatic hydroxyl groups is 3. The second-order valence-electron chi connectivity index (χ2n) is 3.46. The van der Waals surface area contributed by atoms with Crippen molar-refractivity contribution in [1.82, 2.24) is 0 Å². The first-order valence-corrected chi connectivity index (χ1v) is 4.95. The minimum atomic E-state index is -0.946. The molecule has 1 rings (SSSR count). The Labute approximate surface area is 89.0 Å². The van der Waals surface area contributed by atoms with Crippen LogP contribution >= 0.6 is 0 Å². The molecule has 0 aliphatic heterocycles. The Hall–Kier alpha value is -0.940. The SMILES string of the molecule is NCC(O)C(O)c1ccc(CCO)cc1. The second kappa shape index (κ2) is 5.82. The lowest BCUT2D eigenvalue weighted by molar-refractivity contribution is 0.0243. The lowest BCUT2D eigenvalue weighted by Gasteiger charge is -2.16. The highest BCUT2D eigenvalue weighted by molar-refractivity contribution is 5.25. The lowest BCUT2D eigenvalue weighted by atomic mass is 10.0. The van der Waals surface area contributed by atoms with Crippen molar-refractivity contribution in [3.63, 3.8) is 0 Å². The van der Waals surface area contributed by atoms with Gasteiger partial charge in [0.25, 0.3) is 0 Å². The molecular weight excluding hydrogens is 194 g/mol. The van der Waals surface area contributed by atoms with Crippen molar-refractivity contribution in [2.45, 2.75) is 18.6 Å². The van der Waals surface area contributed by atoms with Crippen LogP contribution in [0.5, 0.6) is 0 Å². The largest absolute Gasteiger partial charge is 0.396 e. The molecule has 5 N–H and O–H groups in total. The van der Waals surface area contributed by atoms with E-state index >= 15 is 0 Å². The van der Waals surface area contributed by atoms with Gasteiger partial charge in [0.1, 0.15) is 6.10 Å². The van der Waals surface area contributed by atoms with E-state index in [1.165, 1.54) is 0 Å². The molecule has 15 heavy (non-hydrogen) atoms. The maximum Gasteiger partial charge on any atom is 0.106 e. The van der Waals surface area contributed by atoms with Crippen LogP contribution in [0.3, 0.4) is 0 Å². The van der Waals surface area contributed by atoms with E-state index in [-0.39, 0.29) is 13.2 Å². The van der Waals surface area contributed by atoms with E-state index in [0.717, 1.165) is 5.56 Å². The average Bonchev–Trinajstić information content (AvgIpc) is 2.28. The molecule has 2 atom stereocenters. The van der Waals surface area contributed by atoms with Crippen molar-refractivity contribution in [3.05, 3.63) is 35.4 Å². The van der Waals surface area contributed by atoms with E-state index in [9.17, 15) is 10.2 Å². The molecule has 0 saturated heterocycles. The summed E-state index contributed by atoms with van der Waals surface area (Å²) >= 11 is 0. The summed E-state index contributed by atoms with van der Waals surface area (Å²) in [5, 5.41) is 27.7. The number of hydrogen-bond acceptors (Lipinski definition) is 4. The van der Waals surface area contributed by atoms with Crippen molar-refractivity contribution >= 4 is 0 Å². The molecule has 0 radical (unpaired) electrons. The van der Waals surface area contributed by atoms with Gasteiger partial charge in [-0.1, -0.05) is 24.3 Å². The van der Waals surface area contributed by atoms with E-state index in [0.29, 0.717) is 12.0 Å². The second-order valence-corrected chi connectivity index (χ2v) is 3.46. The monoisotopic (exact) mass is 211 g/mol. The molecule has 2 unspecified atom stereocenters. The molecule has 1 aromatic rings. The van der Waals surface area contributed by atoms with Crippen molar-refractivity contribution in [1.29, 1.82) is 0 Å². The Kier molecular flexibility index (Phi) is 4.71. The number of nitrogens with two attached hydrogens (primary N) is 1. The first kappa shape index (κ1) is 12.1. The summed E-state index contributed by atoms with van der Waals surface area (Å²) in [6.45, 7) is 0.132. The number of rotatable bonds is 5. The van der Waals surface area contributed by atoms with Crippen LogP contribution in [-0.4, -0.2) is 34.6 Å². The van der Waals surface area contributed by atoms with E-state index in [1.807, 2.05) is 12.1 Å². The van der Waals surface area contributed by atoms with Gasteiger partial charge in [0, 0.05) is 13.2 Å². The zero-order valence-electron chi connectivity index (χ0n) is 8.50. The Balaban J connectivity index is 2.70. The fourth-order valence-electron chi connectivity index (χ4n) is 1.36. The van der Waals surface area contributed by atoms with E-state index in [2.05, 4.69) is 0 Å². The standard InChI is InChI=1S/C11H17NO3/c12-7-10(14)11(15)9-3-1-8(2-4-9)5-6-13/h1-4,10-11,13-15H,5-7,12H2. The van der Waals surface area contributed by atoms with Crippen molar-refractivity contribution in [2.75, 3.05) is 13.2 Å². The fourth-order valence-corrected chi connectivity index (χ4v) is 1.36. The van der Waals surface area contributed by atoms with Gasteiger partial charge in [0.15, 0.2) is 0 Å². The summed E-state index contributed by atoms with van der Waals surface area (Å²) in [4.78, 5) is 0. The molecule has 0 aromatic heterocycles. The highest BCUT2D eigenvalue weighted by Crippen LogP contribution is 2.17. The van der Waals surface area contributed by atoms with Gasteiger partial charge >= 0.3 is 0 Å². The van der Waals surface area contributed by atoms with Crippen LogP contribution < -0.4 is 5.73 Å². The number of aliphatic hydroxyl groups excluding tert-OH is 3. The van der Waals surface area contributed by atoms with Crippen molar-refractivity contribution in [3.8, 4) is 0 Å². The Bertz CT molecular complexity index is 286. The van der Waals surface area contributed by atoms with Gasteiger partial charge in [-0.05, 0) is 17.5 Å². The van der Waals surface area contributed by atoms with Crippen LogP contribution in [0.2, 0.25) is 0 Å². The van der Waals surface area contributed by atoms with Crippen LogP contribution in [0.25, 0.3) is 0 Å². The number of benzene rings is 1. The predicted molar refractivity (Wildman–Crippen MR) is 57.3 cm³/mol. The van der Waals surface area contributed by atoms with Crippen LogP contribution in [-0.2, 0) is 6.42 Å². The zero-order chi connectivity index (χ0) is 11.3.